The molecule has 4 heteroatoms. The van der Waals surface area contributed by atoms with E-state index in [1.54, 1.807) is 11.3 Å². The molecule has 2 aromatic heterocycles. The molecule has 0 saturated heterocycles. The first kappa shape index (κ1) is 13.7. The van der Waals surface area contributed by atoms with Gasteiger partial charge in [-0.3, -0.25) is 0 Å². The van der Waals surface area contributed by atoms with Gasteiger partial charge in [-0.15, -0.1) is 11.3 Å². The molecule has 1 N–H and O–H groups in total. The fourth-order valence-electron chi connectivity index (χ4n) is 1.79. The standard InChI is InChI=1S/C14H20N2S2/c1-5-12-13(6-15-9(2)3)18-14(16-12)11-8-17-7-10(11)4/h7-9,15H,5-6H2,1-4H3. The minimum Gasteiger partial charge on any atom is -0.310 e. The summed E-state index contributed by atoms with van der Waals surface area (Å²) < 4.78 is 0. The lowest BCUT2D eigenvalue weighted by Crippen LogP contribution is -2.21. The zero-order valence-corrected chi connectivity index (χ0v) is 13.0. The van der Waals surface area contributed by atoms with Crippen LogP contribution in [-0.4, -0.2) is 11.0 Å². The molecule has 0 aliphatic heterocycles. The van der Waals surface area contributed by atoms with Crippen molar-refractivity contribution in [2.75, 3.05) is 0 Å². The van der Waals surface area contributed by atoms with Gasteiger partial charge in [0.05, 0.1) is 5.69 Å². The van der Waals surface area contributed by atoms with Gasteiger partial charge in [-0.05, 0) is 24.3 Å². The minimum absolute atomic E-state index is 0.517. The maximum absolute atomic E-state index is 4.80. The van der Waals surface area contributed by atoms with Crippen LogP contribution in [0.5, 0.6) is 0 Å². The Morgan fingerprint density at radius 3 is 2.67 bits per heavy atom. The molecule has 0 radical (unpaired) electrons. The van der Waals surface area contributed by atoms with Crippen molar-refractivity contribution in [3.63, 3.8) is 0 Å². The molecule has 0 unspecified atom stereocenters. The first-order chi connectivity index (χ1) is 8.61. The van der Waals surface area contributed by atoms with Crippen LogP contribution in [-0.2, 0) is 13.0 Å². The fourth-order valence-corrected chi connectivity index (χ4v) is 3.88. The van der Waals surface area contributed by atoms with Crippen LogP contribution in [0.1, 0.15) is 36.9 Å². The third-order valence-corrected chi connectivity index (χ3v) is 4.86. The monoisotopic (exact) mass is 280 g/mol. The molecule has 2 rings (SSSR count). The topological polar surface area (TPSA) is 24.9 Å². The lowest BCUT2D eigenvalue weighted by Gasteiger charge is -2.06. The predicted molar refractivity (Wildman–Crippen MR) is 81.5 cm³/mol. The summed E-state index contributed by atoms with van der Waals surface area (Å²) in [6, 6.07) is 0.517. The molecule has 0 saturated carbocycles. The molecule has 2 aromatic rings. The van der Waals surface area contributed by atoms with Crippen LogP contribution in [0.3, 0.4) is 0 Å². The van der Waals surface area contributed by atoms with Gasteiger partial charge in [0, 0.05) is 28.4 Å². The maximum Gasteiger partial charge on any atom is 0.125 e. The summed E-state index contributed by atoms with van der Waals surface area (Å²) in [7, 11) is 0. The van der Waals surface area contributed by atoms with E-state index in [4.69, 9.17) is 4.98 Å². The number of nitrogens with zero attached hydrogens (tertiary/aromatic N) is 1. The van der Waals surface area contributed by atoms with Gasteiger partial charge in [-0.25, -0.2) is 4.98 Å². The average molecular weight is 280 g/mol. The van der Waals surface area contributed by atoms with Crippen molar-refractivity contribution in [2.24, 2.45) is 0 Å². The summed E-state index contributed by atoms with van der Waals surface area (Å²) in [4.78, 5) is 6.18. The Morgan fingerprint density at radius 2 is 2.11 bits per heavy atom. The van der Waals surface area contributed by atoms with Gasteiger partial charge in [0.1, 0.15) is 5.01 Å². The molecular weight excluding hydrogens is 260 g/mol. The summed E-state index contributed by atoms with van der Waals surface area (Å²) in [5.74, 6) is 0. The second-order valence-electron chi connectivity index (χ2n) is 4.75. The number of rotatable bonds is 5. The normalized spacial score (nSPS) is 11.4. The van der Waals surface area contributed by atoms with Gasteiger partial charge in [0.2, 0.25) is 0 Å². The van der Waals surface area contributed by atoms with Crippen LogP contribution < -0.4 is 5.32 Å². The lowest BCUT2D eigenvalue weighted by molar-refractivity contribution is 0.590. The summed E-state index contributed by atoms with van der Waals surface area (Å²) in [6.45, 7) is 9.62. The van der Waals surface area contributed by atoms with E-state index in [0.717, 1.165) is 13.0 Å². The number of hydrogen-bond acceptors (Lipinski definition) is 4. The van der Waals surface area contributed by atoms with Crippen molar-refractivity contribution >= 4 is 22.7 Å². The molecule has 0 spiro atoms. The molecule has 2 nitrogen and oxygen atoms in total. The number of nitrogens with one attached hydrogen (secondary N) is 1. The van der Waals surface area contributed by atoms with E-state index in [1.807, 2.05) is 11.3 Å². The molecule has 0 aromatic carbocycles. The molecule has 0 aliphatic rings. The summed E-state index contributed by atoms with van der Waals surface area (Å²) in [5, 5.41) is 9.05. The molecular formula is C14H20N2S2. The highest BCUT2D eigenvalue weighted by Crippen LogP contribution is 2.32. The number of aryl methyl sites for hydroxylation is 2. The molecule has 0 fully saturated rings. The van der Waals surface area contributed by atoms with Crippen LogP contribution >= 0.6 is 22.7 Å². The largest absolute Gasteiger partial charge is 0.310 e. The summed E-state index contributed by atoms with van der Waals surface area (Å²) >= 11 is 3.58. The Hall–Kier alpha value is -0.710. The first-order valence-corrected chi connectivity index (χ1v) is 8.12. The quantitative estimate of drug-likeness (QED) is 0.886. The molecule has 0 atom stereocenters. The summed E-state index contributed by atoms with van der Waals surface area (Å²) in [5.41, 5.74) is 3.88. The van der Waals surface area contributed by atoms with Crippen molar-refractivity contribution in [3.8, 4) is 10.6 Å². The van der Waals surface area contributed by atoms with E-state index in [2.05, 4.69) is 43.8 Å². The minimum atomic E-state index is 0.517. The molecule has 98 valence electrons. The SMILES string of the molecule is CCc1nc(-c2cscc2C)sc1CNC(C)C. The molecule has 0 amide bonds. The van der Waals surface area contributed by atoms with E-state index in [-0.39, 0.29) is 0 Å². The second-order valence-corrected chi connectivity index (χ2v) is 6.57. The highest BCUT2D eigenvalue weighted by Gasteiger charge is 2.13. The molecule has 2 heterocycles. The smallest absolute Gasteiger partial charge is 0.125 e. The third kappa shape index (κ3) is 2.99. The van der Waals surface area contributed by atoms with Crippen LogP contribution in [0.25, 0.3) is 10.6 Å². The highest BCUT2D eigenvalue weighted by molar-refractivity contribution is 7.15. The Bertz CT molecular complexity index is 512. The number of thiazole rings is 1. The van der Waals surface area contributed by atoms with E-state index in [9.17, 15) is 0 Å². The Kier molecular flexibility index (Phi) is 4.54. The third-order valence-electron chi connectivity index (χ3n) is 2.87. The predicted octanol–water partition coefficient (Wildman–Crippen LogP) is 4.24. The molecule has 18 heavy (non-hydrogen) atoms. The van der Waals surface area contributed by atoms with Crippen molar-refractivity contribution in [3.05, 3.63) is 26.9 Å². The Labute approximate surface area is 117 Å². The van der Waals surface area contributed by atoms with Crippen molar-refractivity contribution in [1.82, 2.24) is 10.3 Å². The Morgan fingerprint density at radius 1 is 1.33 bits per heavy atom. The number of thiophene rings is 1. The van der Waals surface area contributed by atoms with Gasteiger partial charge in [-0.2, -0.15) is 11.3 Å². The average Bonchev–Trinajstić information content (AvgIpc) is 2.91. The number of hydrogen-bond donors (Lipinski definition) is 1. The zero-order valence-electron chi connectivity index (χ0n) is 11.4. The van der Waals surface area contributed by atoms with Crippen molar-refractivity contribution < 1.29 is 0 Å². The van der Waals surface area contributed by atoms with E-state index < -0.39 is 0 Å². The molecule has 0 bridgehead atoms. The summed E-state index contributed by atoms with van der Waals surface area (Å²) in [6.07, 6.45) is 1.01. The zero-order chi connectivity index (χ0) is 13.1. The van der Waals surface area contributed by atoms with Gasteiger partial charge in [-0.1, -0.05) is 20.8 Å². The van der Waals surface area contributed by atoms with Crippen LogP contribution in [0.2, 0.25) is 0 Å². The van der Waals surface area contributed by atoms with Gasteiger partial charge < -0.3 is 5.32 Å². The van der Waals surface area contributed by atoms with Crippen molar-refractivity contribution in [1.29, 1.82) is 0 Å². The van der Waals surface area contributed by atoms with Crippen molar-refractivity contribution in [2.45, 2.75) is 46.7 Å². The van der Waals surface area contributed by atoms with Gasteiger partial charge >= 0.3 is 0 Å². The van der Waals surface area contributed by atoms with Gasteiger partial charge in [0.25, 0.3) is 0 Å². The van der Waals surface area contributed by atoms with Crippen LogP contribution in [0.15, 0.2) is 10.8 Å². The van der Waals surface area contributed by atoms with E-state index in [0.29, 0.717) is 6.04 Å². The van der Waals surface area contributed by atoms with E-state index in [1.165, 1.54) is 26.7 Å². The van der Waals surface area contributed by atoms with Crippen LogP contribution in [0.4, 0.5) is 0 Å². The molecule has 0 aliphatic carbocycles. The Balaban J connectivity index is 2.26. The van der Waals surface area contributed by atoms with Crippen LogP contribution in [0, 0.1) is 6.92 Å². The number of aromatic nitrogens is 1. The fraction of sp³-hybridized carbons (Fsp3) is 0.500. The first-order valence-electron chi connectivity index (χ1n) is 6.37. The lowest BCUT2D eigenvalue weighted by atomic mass is 10.2. The maximum atomic E-state index is 4.80. The second kappa shape index (κ2) is 5.95. The van der Waals surface area contributed by atoms with Gasteiger partial charge in [0.15, 0.2) is 0 Å². The van der Waals surface area contributed by atoms with E-state index >= 15 is 0 Å². The highest BCUT2D eigenvalue weighted by atomic mass is 32.1.